The van der Waals surface area contributed by atoms with Crippen molar-refractivity contribution in [2.75, 3.05) is 7.05 Å². The number of carbonyl (C=O) groups excluding carboxylic acids is 1. The summed E-state index contributed by atoms with van der Waals surface area (Å²) in [5.41, 5.74) is 0.917. The summed E-state index contributed by atoms with van der Waals surface area (Å²) in [4.78, 5) is 13.5. The molecule has 2 rings (SSSR count). The Morgan fingerprint density at radius 3 is 2.94 bits per heavy atom. The number of aromatic nitrogens is 2. The highest BCUT2D eigenvalue weighted by Gasteiger charge is 2.32. The van der Waals surface area contributed by atoms with Crippen LogP contribution in [-0.4, -0.2) is 27.6 Å². The largest absolute Gasteiger partial charge is 0.340 e. The first-order valence-electron chi connectivity index (χ1n) is 5.58. The summed E-state index contributed by atoms with van der Waals surface area (Å²) in [7, 11) is 1.82. The van der Waals surface area contributed by atoms with Crippen LogP contribution >= 0.6 is 11.6 Å². The van der Waals surface area contributed by atoms with E-state index in [0.29, 0.717) is 11.6 Å². The van der Waals surface area contributed by atoms with Crippen LogP contribution in [0.1, 0.15) is 25.5 Å². The van der Waals surface area contributed by atoms with Crippen molar-refractivity contribution in [3.63, 3.8) is 0 Å². The Bertz CT molecular complexity index is 398. The lowest BCUT2D eigenvalue weighted by Gasteiger charge is -2.17. The average Bonchev–Trinajstić information content (AvgIpc) is 3.05. The maximum atomic E-state index is 11.8. The third-order valence-electron chi connectivity index (χ3n) is 2.89. The van der Waals surface area contributed by atoms with E-state index in [9.17, 15) is 4.79 Å². The fraction of sp³-hybridized carbons (Fsp3) is 0.636. The first kappa shape index (κ1) is 11.5. The molecule has 0 saturated heterocycles. The van der Waals surface area contributed by atoms with Gasteiger partial charge in [-0.15, -0.1) is 0 Å². The number of aryl methyl sites for hydroxylation is 1. The molecule has 5 heteroatoms. The van der Waals surface area contributed by atoms with Gasteiger partial charge in [0.25, 0.3) is 0 Å². The van der Waals surface area contributed by atoms with Crippen LogP contribution in [0.15, 0.2) is 6.20 Å². The van der Waals surface area contributed by atoms with Gasteiger partial charge in [0.05, 0.1) is 23.5 Å². The van der Waals surface area contributed by atoms with Crippen LogP contribution in [0.5, 0.6) is 0 Å². The lowest BCUT2D eigenvalue weighted by Crippen LogP contribution is -2.28. The number of amides is 1. The predicted octanol–water partition coefficient (Wildman–Crippen LogP) is 1.92. The first-order valence-corrected chi connectivity index (χ1v) is 5.96. The zero-order valence-corrected chi connectivity index (χ0v) is 10.4. The highest BCUT2D eigenvalue weighted by Crippen LogP contribution is 2.31. The predicted molar refractivity (Wildman–Crippen MR) is 62.1 cm³/mol. The van der Waals surface area contributed by atoms with Gasteiger partial charge in [0, 0.05) is 19.5 Å². The molecule has 1 aromatic rings. The van der Waals surface area contributed by atoms with Crippen LogP contribution in [-0.2, 0) is 17.9 Å². The molecule has 0 aromatic carbocycles. The van der Waals surface area contributed by atoms with Crippen molar-refractivity contribution in [1.82, 2.24) is 14.7 Å². The quantitative estimate of drug-likeness (QED) is 0.808. The van der Waals surface area contributed by atoms with Crippen LogP contribution < -0.4 is 0 Å². The Labute approximate surface area is 100 Å². The van der Waals surface area contributed by atoms with Gasteiger partial charge >= 0.3 is 0 Å². The van der Waals surface area contributed by atoms with Crippen LogP contribution in [0.3, 0.4) is 0 Å². The van der Waals surface area contributed by atoms with Gasteiger partial charge in [0.1, 0.15) is 0 Å². The van der Waals surface area contributed by atoms with Gasteiger partial charge in [-0.05, 0) is 19.8 Å². The van der Waals surface area contributed by atoms with Crippen LogP contribution in [0.25, 0.3) is 0 Å². The van der Waals surface area contributed by atoms with Gasteiger partial charge in [-0.25, -0.2) is 0 Å². The molecule has 88 valence electrons. The van der Waals surface area contributed by atoms with Crippen molar-refractivity contribution < 1.29 is 4.79 Å². The highest BCUT2D eigenvalue weighted by atomic mass is 35.5. The molecule has 1 aromatic heterocycles. The van der Waals surface area contributed by atoms with Crippen LogP contribution in [0.4, 0.5) is 0 Å². The Hall–Kier alpha value is -1.03. The van der Waals surface area contributed by atoms with E-state index in [-0.39, 0.29) is 11.8 Å². The van der Waals surface area contributed by atoms with Crippen LogP contribution in [0.2, 0.25) is 5.02 Å². The van der Waals surface area contributed by atoms with Gasteiger partial charge in [-0.1, -0.05) is 11.6 Å². The molecule has 0 N–H and O–H groups in total. The van der Waals surface area contributed by atoms with E-state index in [1.54, 1.807) is 11.1 Å². The molecule has 0 aliphatic heterocycles. The third-order valence-corrected chi connectivity index (χ3v) is 3.20. The monoisotopic (exact) mass is 241 g/mol. The third kappa shape index (κ3) is 2.21. The molecule has 16 heavy (non-hydrogen) atoms. The number of rotatable bonds is 4. The zero-order valence-electron chi connectivity index (χ0n) is 9.61. The molecule has 1 saturated carbocycles. The first-order chi connectivity index (χ1) is 7.63. The maximum Gasteiger partial charge on any atom is 0.225 e. The van der Waals surface area contributed by atoms with E-state index < -0.39 is 0 Å². The second-order valence-electron chi connectivity index (χ2n) is 4.22. The minimum absolute atomic E-state index is 0.222. The lowest BCUT2D eigenvalue weighted by molar-refractivity contribution is -0.131. The summed E-state index contributed by atoms with van der Waals surface area (Å²) in [6.07, 6.45) is 3.70. The summed E-state index contributed by atoms with van der Waals surface area (Å²) >= 11 is 6.05. The standard InChI is InChI=1S/C11H16ClN3O/c1-3-15-10(9(12)6-13-15)7-14(2)11(16)8-4-5-8/h6,8H,3-5,7H2,1-2H3. The summed E-state index contributed by atoms with van der Waals surface area (Å²) in [5, 5.41) is 4.79. The van der Waals surface area contributed by atoms with Gasteiger partial charge in [-0.3, -0.25) is 9.48 Å². The number of nitrogens with zero attached hydrogens (tertiary/aromatic N) is 3. The van der Waals surface area contributed by atoms with E-state index in [0.717, 1.165) is 25.1 Å². The summed E-state index contributed by atoms with van der Waals surface area (Å²) < 4.78 is 1.83. The van der Waals surface area contributed by atoms with Crippen molar-refractivity contribution >= 4 is 17.5 Å². The zero-order chi connectivity index (χ0) is 11.7. The molecule has 1 aliphatic carbocycles. The maximum absolute atomic E-state index is 11.8. The molecular weight excluding hydrogens is 226 g/mol. The van der Waals surface area contributed by atoms with Crippen molar-refractivity contribution in [1.29, 1.82) is 0 Å². The van der Waals surface area contributed by atoms with Gasteiger partial charge in [-0.2, -0.15) is 5.10 Å². The number of hydrogen-bond donors (Lipinski definition) is 0. The molecule has 1 fully saturated rings. The molecule has 0 unspecified atom stereocenters. The molecule has 4 nitrogen and oxygen atoms in total. The van der Waals surface area contributed by atoms with E-state index in [1.165, 1.54) is 0 Å². The summed E-state index contributed by atoms with van der Waals surface area (Å²) in [6.45, 7) is 3.32. The average molecular weight is 242 g/mol. The van der Waals surface area contributed by atoms with Gasteiger partial charge in [0.2, 0.25) is 5.91 Å². The topological polar surface area (TPSA) is 38.1 Å². The smallest absolute Gasteiger partial charge is 0.225 e. The normalized spacial score (nSPS) is 15.2. The molecule has 0 atom stereocenters. The Morgan fingerprint density at radius 1 is 1.69 bits per heavy atom. The van der Waals surface area contributed by atoms with Crippen LogP contribution in [0, 0.1) is 5.92 Å². The molecule has 1 aliphatic rings. The van der Waals surface area contributed by atoms with E-state index in [1.807, 2.05) is 18.7 Å². The number of carbonyl (C=O) groups is 1. The fourth-order valence-electron chi connectivity index (χ4n) is 1.76. The van der Waals surface area contributed by atoms with Crippen molar-refractivity contribution in [2.24, 2.45) is 5.92 Å². The molecule has 0 spiro atoms. The Balaban J connectivity index is 2.07. The van der Waals surface area contributed by atoms with Gasteiger partial charge < -0.3 is 4.90 Å². The Kier molecular flexibility index (Phi) is 3.19. The minimum atomic E-state index is 0.222. The molecule has 0 bridgehead atoms. The Morgan fingerprint density at radius 2 is 2.38 bits per heavy atom. The molecule has 0 radical (unpaired) electrons. The number of halogens is 1. The minimum Gasteiger partial charge on any atom is -0.340 e. The second-order valence-corrected chi connectivity index (χ2v) is 4.63. The lowest BCUT2D eigenvalue weighted by atomic mass is 10.3. The summed E-state index contributed by atoms with van der Waals surface area (Å²) in [5.74, 6) is 0.474. The van der Waals surface area contributed by atoms with Crippen molar-refractivity contribution in [2.45, 2.75) is 32.9 Å². The van der Waals surface area contributed by atoms with Crippen molar-refractivity contribution in [3.05, 3.63) is 16.9 Å². The SMILES string of the molecule is CCn1ncc(Cl)c1CN(C)C(=O)C1CC1. The highest BCUT2D eigenvalue weighted by molar-refractivity contribution is 6.31. The van der Waals surface area contributed by atoms with E-state index >= 15 is 0 Å². The van der Waals surface area contributed by atoms with Gasteiger partial charge in [0.15, 0.2) is 0 Å². The van der Waals surface area contributed by atoms with Crippen molar-refractivity contribution in [3.8, 4) is 0 Å². The van der Waals surface area contributed by atoms with E-state index in [2.05, 4.69) is 5.10 Å². The fourth-order valence-corrected chi connectivity index (χ4v) is 1.96. The summed E-state index contributed by atoms with van der Waals surface area (Å²) in [6, 6.07) is 0. The molecule has 1 amide bonds. The molecular formula is C11H16ClN3O. The second kappa shape index (κ2) is 4.45. The molecule has 1 heterocycles. The number of hydrogen-bond acceptors (Lipinski definition) is 2. The van der Waals surface area contributed by atoms with E-state index in [4.69, 9.17) is 11.6 Å².